The van der Waals surface area contributed by atoms with E-state index in [9.17, 15) is 31.2 Å². The number of unbranched alkanes of at least 4 members (excludes halogenated alkanes) is 1. The molecule has 5 rings (SSSR count). The fraction of sp³-hybridized carbons (Fsp3) is 0.194. The SMILES string of the molecule is CCCCc1nn(-c2ccccc2C(F)(F)F)c(=O)n1Cc1ccc(-c2ccccc2)c(S(=O)(=O)NC(=O)c2sccc2Cl)c1.[KH]. The number of carbonyl (C=O) groups excluding carboxylic acids is 1. The van der Waals surface area contributed by atoms with Crippen LogP contribution in [-0.2, 0) is 29.2 Å². The molecule has 0 spiro atoms. The van der Waals surface area contributed by atoms with Gasteiger partial charge in [-0.3, -0.25) is 9.36 Å². The van der Waals surface area contributed by atoms with Crippen LogP contribution in [0.3, 0.4) is 0 Å². The number of hydrogen-bond donors (Lipinski definition) is 1. The maximum atomic E-state index is 13.8. The number of para-hydroxylation sites is 1. The van der Waals surface area contributed by atoms with Crippen molar-refractivity contribution < 1.29 is 26.4 Å². The van der Waals surface area contributed by atoms with Crippen molar-refractivity contribution in [2.75, 3.05) is 0 Å². The molecule has 2 heterocycles. The van der Waals surface area contributed by atoms with Crippen molar-refractivity contribution in [3.05, 3.63) is 122 Å². The number of rotatable bonds is 10. The van der Waals surface area contributed by atoms with Gasteiger partial charge in [0.25, 0.3) is 15.9 Å². The number of carbonyl (C=O) groups is 1. The van der Waals surface area contributed by atoms with Crippen LogP contribution in [0.5, 0.6) is 0 Å². The summed E-state index contributed by atoms with van der Waals surface area (Å²) in [4.78, 5) is 26.3. The monoisotopic (exact) mass is 714 g/mol. The van der Waals surface area contributed by atoms with Gasteiger partial charge in [0.2, 0.25) is 0 Å². The summed E-state index contributed by atoms with van der Waals surface area (Å²) in [6.07, 6.45) is -3.07. The molecular formula is C31H27ClF3KN4O4S2. The Labute approximate surface area is 314 Å². The molecule has 15 heteroatoms. The Morgan fingerprint density at radius 1 is 1.02 bits per heavy atom. The second kappa shape index (κ2) is 15.1. The van der Waals surface area contributed by atoms with E-state index in [2.05, 4.69) is 9.82 Å². The predicted octanol–water partition coefficient (Wildman–Crippen LogP) is 6.30. The number of alkyl halides is 3. The van der Waals surface area contributed by atoms with Crippen LogP contribution in [0, 0.1) is 0 Å². The number of nitrogens with one attached hydrogen (secondary N) is 1. The van der Waals surface area contributed by atoms with Crippen LogP contribution in [0.1, 0.15) is 46.4 Å². The third kappa shape index (κ3) is 7.93. The first kappa shape index (κ1) is 36.3. The van der Waals surface area contributed by atoms with Crippen LogP contribution in [0.2, 0.25) is 5.02 Å². The van der Waals surface area contributed by atoms with Gasteiger partial charge in [0, 0.05) is 12.0 Å². The van der Waals surface area contributed by atoms with Crippen molar-refractivity contribution in [2.45, 2.75) is 43.8 Å². The molecule has 8 nitrogen and oxygen atoms in total. The van der Waals surface area contributed by atoms with E-state index in [1.165, 1.54) is 34.9 Å². The summed E-state index contributed by atoms with van der Waals surface area (Å²) in [5, 5.41) is 5.94. The standard InChI is InChI=1S/C31H26ClF3N4O4S2.K.H/c1-2-3-13-27-36-39(25-12-8-7-11-23(25)31(33,34)35)30(41)38(27)19-20-14-15-22(21-9-5-4-6-10-21)26(18-20)45(42,43)37-29(40)28-24(32)16-17-44-28;;/h4-12,14-18H,2-3,13,19H2,1H3,(H,37,40);;. The molecule has 1 N–H and O–H groups in total. The van der Waals surface area contributed by atoms with Crippen molar-refractivity contribution >= 4 is 90.3 Å². The molecule has 2 aromatic heterocycles. The Morgan fingerprint density at radius 2 is 1.72 bits per heavy atom. The number of sulfonamides is 1. The second-order valence-corrected chi connectivity index (χ2v) is 13.0. The zero-order valence-electron chi connectivity index (χ0n) is 23.7. The minimum atomic E-state index is -4.72. The van der Waals surface area contributed by atoms with Gasteiger partial charge >= 0.3 is 63.3 Å². The molecule has 0 aliphatic heterocycles. The summed E-state index contributed by atoms with van der Waals surface area (Å²) in [6.45, 7) is 1.74. The van der Waals surface area contributed by atoms with E-state index in [1.807, 2.05) is 6.92 Å². The van der Waals surface area contributed by atoms with Crippen molar-refractivity contribution in [1.29, 1.82) is 0 Å². The second-order valence-electron chi connectivity index (χ2n) is 10.0. The van der Waals surface area contributed by atoms with Crippen molar-refractivity contribution in [3.63, 3.8) is 0 Å². The number of aromatic nitrogens is 3. The summed E-state index contributed by atoms with van der Waals surface area (Å²) in [6, 6.07) is 19.3. The number of nitrogens with zero attached hydrogens (tertiary/aromatic N) is 3. The van der Waals surface area contributed by atoms with Gasteiger partial charge in [-0.25, -0.2) is 17.9 Å². The fourth-order valence-corrected chi connectivity index (χ4v) is 7.11. The molecule has 0 aliphatic rings. The maximum absolute atomic E-state index is 13.8. The van der Waals surface area contributed by atoms with Gasteiger partial charge < -0.3 is 0 Å². The van der Waals surface area contributed by atoms with Gasteiger partial charge in [-0.2, -0.15) is 17.9 Å². The molecule has 0 bridgehead atoms. The number of aryl methyl sites for hydroxylation is 1. The molecule has 0 unspecified atom stereocenters. The van der Waals surface area contributed by atoms with E-state index in [-0.39, 0.29) is 78.5 Å². The summed E-state index contributed by atoms with van der Waals surface area (Å²) >= 11 is 7.04. The molecule has 0 saturated carbocycles. The van der Waals surface area contributed by atoms with Gasteiger partial charge in [-0.1, -0.05) is 79.5 Å². The average Bonchev–Trinajstić information content (AvgIpc) is 3.58. The van der Waals surface area contributed by atoms with E-state index in [0.717, 1.165) is 28.5 Å². The summed E-state index contributed by atoms with van der Waals surface area (Å²) in [7, 11) is -4.47. The van der Waals surface area contributed by atoms with Crippen LogP contribution in [-0.4, -0.2) is 80.1 Å². The molecule has 3 aromatic carbocycles. The van der Waals surface area contributed by atoms with Gasteiger partial charge in [-0.15, -0.1) is 16.4 Å². The van der Waals surface area contributed by atoms with Crippen LogP contribution in [0.15, 0.2) is 93.9 Å². The first-order valence-electron chi connectivity index (χ1n) is 13.7. The summed E-state index contributed by atoms with van der Waals surface area (Å²) in [5.41, 5.74) is -1.03. The molecular weight excluding hydrogens is 688 g/mol. The Morgan fingerprint density at radius 3 is 2.37 bits per heavy atom. The zero-order valence-corrected chi connectivity index (χ0v) is 26.1. The van der Waals surface area contributed by atoms with E-state index in [1.54, 1.807) is 47.8 Å². The van der Waals surface area contributed by atoms with E-state index in [4.69, 9.17) is 11.6 Å². The number of amides is 1. The molecule has 46 heavy (non-hydrogen) atoms. The predicted molar refractivity (Wildman–Crippen MR) is 174 cm³/mol. The molecule has 0 radical (unpaired) electrons. The van der Waals surface area contributed by atoms with Crippen molar-refractivity contribution in [3.8, 4) is 16.8 Å². The topological polar surface area (TPSA) is 103 Å². The molecule has 0 saturated heterocycles. The third-order valence-corrected chi connectivity index (χ3v) is 9.65. The summed E-state index contributed by atoms with van der Waals surface area (Å²) < 4.78 is 72.9. The molecule has 0 fully saturated rings. The van der Waals surface area contributed by atoms with Gasteiger partial charge in [0.15, 0.2) is 0 Å². The van der Waals surface area contributed by atoms with Crippen LogP contribution < -0.4 is 10.4 Å². The molecule has 0 atom stereocenters. The number of halogens is 4. The van der Waals surface area contributed by atoms with Crippen molar-refractivity contribution in [2.24, 2.45) is 0 Å². The minimum absolute atomic E-state index is 0. The van der Waals surface area contributed by atoms with Crippen molar-refractivity contribution in [1.82, 2.24) is 19.1 Å². The molecule has 5 aromatic rings. The van der Waals surface area contributed by atoms with Gasteiger partial charge in [0.05, 0.1) is 27.7 Å². The van der Waals surface area contributed by atoms with Gasteiger partial charge in [0.1, 0.15) is 10.7 Å². The van der Waals surface area contributed by atoms with Crippen LogP contribution >= 0.6 is 22.9 Å². The third-order valence-electron chi connectivity index (χ3n) is 6.94. The molecule has 1 amide bonds. The number of hydrogen-bond acceptors (Lipinski definition) is 6. The molecule has 236 valence electrons. The first-order valence-corrected chi connectivity index (χ1v) is 16.5. The van der Waals surface area contributed by atoms with E-state index in [0.29, 0.717) is 29.5 Å². The Balaban J connectivity index is 0.00000480. The number of benzene rings is 3. The normalized spacial score (nSPS) is 11.7. The van der Waals surface area contributed by atoms with Crippen LogP contribution in [0.25, 0.3) is 16.8 Å². The molecule has 0 aliphatic carbocycles. The number of thiophene rings is 1. The zero-order chi connectivity index (χ0) is 32.4. The quantitative estimate of drug-likeness (QED) is 0.171. The van der Waals surface area contributed by atoms with Crippen LogP contribution in [0.4, 0.5) is 13.2 Å². The Hall–Kier alpha value is -2.56. The van der Waals surface area contributed by atoms with E-state index >= 15 is 0 Å². The first-order chi connectivity index (χ1) is 21.4. The summed E-state index contributed by atoms with van der Waals surface area (Å²) in [5.74, 6) is -0.655. The fourth-order valence-electron chi connectivity index (χ4n) is 4.78. The average molecular weight is 715 g/mol. The Bertz CT molecular complexity index is 2030. The van der Waals surface area contributed by atoms with E-state index < -0.39 is 39.0 Å². The Kier molecular flexibility index (Phi) is 11.9. The van der Waals surface area contributed by atoms with Gasteiger partial charge in [-0.05, 0) is 47.2 Å².